The third-order valence-corrected chi connectivity index (χ3v) is 2.15. The van der Waals surface area contributed by atoms with Gasteiger partial charge in [-0.2, -0.15) is 9.48 Å². The number of amidine groups is 1. The van der Waals surface area contributed by atoms with Gasteiger partial charge >= 0.3 is 17.9 Å². The first-order valence-electron chi connectivity index (χ1n) is 4.85. The number of nitrogens with zero attached hydrogens (tertiary/aromatic N) is 4. The number of hydrogen-bond acceptors (Lipinski definition) is 6. The van der Waals surface area contributed by atoms with E-state index in [4.69, 9.17) is 5.11 Å². The number of carbonyl (C=O) groups is 3. The van der Waals surface area contributed by atoms with Crippen LogP contribution < -0.4 is 5.73 Å². The van der Waals surface area contributed by atoms with Crippen molar-refractivity contribution in [3.8, 4) is 0 Å². The summed E-state index contributed by atoms with van der Waals surface area (Å²) in [4.78, 5) is 40.6. The van der Waals surface area contributed by atoms with Crippen LogP contribution in [0.5, 0.6) is 0 Å². The summed E-state index contributed by atoms with van der Waals surface area (Å²) >= 11 is 0. The van der Waals surface area contributed by atoms with Crippen molar-refractivity contribution in [1.82, 2.24) is 4.90 Å². The molecule has 0 aromatic heterocycles. The standard InChI is InChI=1S/C7H7N4O2.C2H5NO2.Na/c1-10-5-4(8-3-9-5)6(12)11(2)7(10)13;3-1-2(4)5;/h3H,1-2H3;1,3H2,(H,4,5);/q+1;;. The fraction of sp³-hybridized carbons (Fsp3) is 0.333. The first kappa shape index (κ1) is 17.6. The number of carbonyl (C=O) groups excluding carboxylic acids is 2. The average Bonchev–Trinajstić information content (AvgIpc) is 2.83. The summed E-state index contributed by atoms with van der Waals surface area (Å²) in [6, 6.07) is -0.391. The summed E-state index contributed by atoms with van der Waals surface area (Å²) in [6.45, 7) is -0.278. The molecule has 0 atom stereocenters. The number of imide groups is 1. The van der Waals surface area contributed by atoms with Crippen molar-refractivity contribution in [2.75, 3.05) is 20.6 Å². The molecule has 0 saturated carbocycles. The largest absolute Gasteiger partial charge is 0.480 e. The minimum Gasteiger partial charge on any atom is -0.480 e. The van der Waals surface area contributed by atoms with Crippen LogP contribution in [0.1, 0.15) is 0 Å². The molecule has 3 N–H and O–H groups in total. The van der Waals surface area contributed by atoms with Gasteiger partial charge in [0.2, 0.25) is 5.71 Å². The molecule has 9 nitrogen and oxygen atoms in total. The number of amides is 3. The summed E-state index contributed by atoms with van der Waals surface area (Å²) in [5.41, 5.74) is 4.80. The number of aliphatic carboxylic acids is 1. The molecular weight excluding hydrogens is 265 g/mol. The summed E-state index contributed by atoms with van der Waals surface area (Å²) in [7, 11) is 2.97. The number of rotatable bonds is 1. The Morgan fingerprint density at radius 1 is 1.53 bits per heavy atom. The fourth-order valence-corrected chi connectivity index (χ4v) is 1.22. The van der Waals surface area contributed by atoms with Crippen LogP contribution in [0.2, 0.25) is 0 Å². The van der Waals surface area contributed by atoms with E-state index in [0.29, 0.717) is 5.84 Å². The molecule has 0 unspecified atom stereocenters. The molecule has 0 aromatic carbocycles. The second-order valence-corrected chi connectivity index (χ2v) is 3.35. The summed E-state index contributed by atoms with van der Waals surface area (Å²) in [5.74, 6) is -1.05. The van der Waals surface area contributed by atoms with Crippen LogP contribution in [0.25, 0.3) is 0 Å². The van der Waals surface area contributed by atoms with E-state index >= 15 is 0 Å². The molecule has 0 saturated heterocycles. The maximum atomic E-state index is 11.4. The smallest absolute Gasteiger partial charge is 0.446 e. The van der Waals surface area contributed by atoms with Gasteiger partial charge in [0, 0.05) is 29.6 Å². The Kier molecular flexibility index (Phi) is 6.70. The van der Waals surface area contributed by atoms with Gasteiger partial charge < -0.3 is 10.8 Å². The molecule has 3 amide bonds. The van der Waals surface area contributed by atoms with Gasteiger partial charge in [0.1, 0.15) is 0 Å². The Hall–Kier alpha value is -1.42. The van der Waals surface area contributed by atoms with Gasteiger partial charge in [-0.05, 0) is 0 Å². The molecule has 0 aliphatic carbocycles. The Bertz CT molecular complexity index is 511. The van der Waals surface area contributed by atoms with E-state index in [-0.39, 0.29) is 41.8 Å². The quantitative estimate of drug-likeness (QED) is 0.413. The second kappa shape index (κ2) is 7.24. The second-order valence-electron chi connectivity index (χ2n) is 3.35. The molecule has 2 aliphatic heterocycles. The minimum atomic E-state index is -0.968. The first-order valence-corrected chi connectivity index (χ1v) is 4.85. The molecule has 2 rings (SSSR count). The molecule has 2 aliphatic rings. The van der Waals surface area contributed by atoms with E-state index in [2.05, 4.69) is 15.7 Å². The molecule has 19 heavy (non-hydrogen) atoms. The molecule has 10 heteroatoms. The van der Waals surface area contributed by atoms with Gasteiger partial charge in [-0.1, -0.05) is 4.99 Å². The van der Waals surface area contributed by atoms with Crippen molar-refractivity contribution >= 4 is 65.4 Å². The van der Waals surface area contributed by atoms with E-state index in [9.17, 15) is 14.4 Å². The van der Waals surface area contributed by atoms with Crippen LogP contribution in [-0.4, -0.2) is 101 Å². The van der Waals surface area contributed by atoms with Crippen molar-refractivity contribution < 1.29 is 24.1 Å². The number of fused-ring (bicyclic) bond motifs is 1. The maximum Gasteiger partial charge on any atom is 0.446 e. The van der Waals surface area contributed by atoms with E-state index < -0.39 is 17.9 Å². The van der Waals surface area contributed by atoms with Crippen molar-refractivity contribution in [3.05, 3.63) is 0 Å². The SMILES string of the molecule is CN1C(=O)C2=NC=NC2=[N+](C)C1=O.NCC(=O)O.[Na]. The summed E-state index contributed by atoms with van der Waals surface area (Å²) < 4.78 is 1.30. The van der Waals surface area contributed by atoms with E-state index in [1.165, 1.54) is 18.0 Å². The van der Waals surface area contributed by atoms with E-state index in [0.717, 1.165) is 4.90 Å². The zero-order valence-electron chi connectivity index (χ0n) is 10.8. The predicted molar refractivity (Wildman–Crippen MR) is 67.7 cm³/mol. The zero-order valence-corrected chi connectivity index (χ0v) is 12.8. The Labute approximate surface area is 130 Å². The first-order chi connectivity index (χ1) is 8.40. The maximum absolute atomic E-state index is 11.4. The van der Waals surface area contributed by atoms with Crippen LogP contribution in [-0.2, 0) is 9.59 Å². The monoisotopic (exact) mass is 277 g/mol. The molecular formula is C9H12N5NaO4+. The molecule has 97 valence electrons. The van der Waals surface area contributed by atoms with Crippen molar-refractivity contribution in [2.24, 2.45) is 15.7 Å². The third kappa shape index (κ3) is 3.77. The molecule has 0 spiro atoms. The number of hydrogen-bond donors (Lipinski definition) is 2. The van der Waals surface area contributed by atoms with Crippen LogP contribution in [0.4, 0.5) is 4.79 Å². The number of carboxylic acid groups (broad SMARTS) is 1. The Balaban J connectivity index is 0.000000471. The van der Waals surface area contributed by atoms with Crippen LogP contribution in [0.3, 0.4) is 0 Å². The van der Waals surface area contributed by atoms with Crippen molar-refractivity contribution in [1.29, 1.82) is 0 Å². The number of urea groups is 1. The Morgan fingerprint density at radius 3 is 2.53 bits per heavy atom. The van der Waals surface area contributed by atoms with Crippen LogP contribution in [0.15, 0.2) is 9.98 Å². The predicted octanol–water partition coefficient (Wildman–Crippen LogP) is -2.25. The average molecular weight is 277 g/mol. The molecule has 0 aromatic rings. The summed E-state index contributed by atoms with van der Waals surface area (Å²) in [5, 5.41) is 7.60. The minimum absolute atomic E-state index is 0. The van der Waals surface area contributed by atoms with Crippen molar-refractivity contribution in [3.63, 3.8) is 0 Å². The molecule has 2 heterocycles. The van der Waals surface area contributed by atoms with Gasteiger partial charge in [-0.25, -0.2) is 14.6 Å². The normalized spacial score (nSPS) is 16.4. The number of nitrogens with two attached hydrogens (primary N) is 1. The summed E-state index contributed by atoms with van der Waals surface area (Å²) in [6.07, 6.45) is 1.27. The van der Waals surface area contributed by atoms with E-state index in [1.807, 2.05) is 0 Å². The van der Waals surface area contributed by atoms with Gasteiger partial charge in [0.25, 0.3) is 5.84 Å². The molecule has 1 radical (unpaired) electrons. The zero-order chi connectivity index (χ0) is 13.9. The van der Waals surface area contributed by atoms with Gasteiger partial charge in [-0.3, -0.25) is 4.79 Å². The number of aliphatic imine (C=N–C) groups is 2. The van der Waals surface area contributed by atoms with E-state index in [1.54, 1.807) is 7.05 Å². The van der Waals surface area contributed by atoms with Crippen molar-refractivity contribution in [2.45, 2.75) is 0 Å². The van der Waals surface area contributed by atoms with Crippen LogP contribution in [0, 0.1) is 0 Å². The van der Waals surface area contributed by atoms with Crippen LogP contribution >= 0.6 is 0 Å². The van der Waals surface area contributed by atoms with Gasteiger partial charge in [0.15, 0.2) is 6.34 Å². The molecule has 0 bridgehead atoms. The van der Waals surface area contributed by atoms with Gasteiger partial charge in [0.05, 0.1) is 20.6 Å². The third-order valence-electron chi connectivity index (χ3n) is 2.15. The Morgan fingerprint density at radius 2 is 2.05 bits per heavy atom. The topological polar surface area (TPSA) is 128 Å². The number of carboxylic acids is 1. The fourth-order valence-electron chi connectivity index (χ4n) is 1.22. The van der Waals surface area contributed by atoms with Gasteiger partial charge in [-0.15, -0.1) is 0 Å². The molecule has 0 fully saturated rings.